The molecule has 2 rings (SSSR count). The molecule has 1 aromatic heterocycles. The van der Waals surface area contributed by atoms with E-state index in [4.69, 9.17) is 0 Å². The molecule has 0 bridgehead atoms. The molecule has 0 aromatic carbocycles. The van der Waals surface area contributed by atoms with Crippen LogP contribution in [0.25, 0.3) is 0 Å². The summed E-state index contributed by atoms with van der Waals surface area (Å²) < 4.78 is 2.09. The number of aromatic nitrogens is 1. The molecular formula is C15H21BrN2O3. The molecule has 1 aliphatic carbocycles. The highest BCUT2D eigenvalue weighted by Crippen LogP contribution is 2.26. The van der Waals surface area contributed by atoms with Crippen molar-refractivity contribution in [1.29, 1.82) is 0 Å². The lowest BCUT2D eigenvalue weighted by Gasteiger charge is -2.26. The Hall–Kier alpha value is -1.14. The van der Waals surface area contributed by atoms with Crippen LogP contribution in [0.3, 0.4) is 0 Å². The first-order valence-corrected chi connectivity index (χ1v) is 8.13. The van der Waals surface area contributed by atoms with Crippen LogP contribution in [0.2, 0.25) is 0 Å². The number of carbonyl (C=O) groups excluding carboxylic acids is 1. The Labute approximate surface area is 132 Å². The van der Waals surface area contributed by atoms with Gasteiger partial charge in [0.05, 0.1) is 5.60 Å². The number of halogens is 1. The second-order valence-electron chi connectivity index (χ2n) is 5.73. The first-order chi connectivity index (χ1) is 9.98. The number of aliphatic hydroxyl groups is 1. The van der Waals surface area contributed by atoms with Gasteiger partial charge in [0.15, 0.2) is 0 Å². The molecular weight excluding hydrogens is 336 g/mol. The van der Waals surface area contributed by atoms with Crippen molar-refractivity contribution >= 4 is 21.8 Å². The van der Waals surface area contributed by atoms with Gasteiger partial charge in [-0.1, -0.05) is 25.7 Å². The fraction of sp³-hybridized carbons (Fsp3) is 0.600. The number of carbonyl (C=O) groups is 1. The third-order valence-electron chi connectivity index (χ3n) is 3.91. The lowest BCUT2D eigenvalue weighted by atomic mass is 9.94. The Morgan fingerprint density at radius 2 is 1.95 bits per heavy atom. The van der Waals surface area contributed by atoms with Gasteiger partial charge in [0.25, 0.3) is 5.56 Å². The molecule has 0 radical (unpaired) electrons. The predicted molar refractivity (Wildman–Crippen MR) is 84.1 cm³/mol. The van der Waals surface area contributed by atoms with Gasteiger partial charge >= 0.3 is 0 Å². The second kappa shape index (κ2) is 7.22. The number of rotatable bonds is 4. The van der Waals surface area contributed by atoms with Crippen LogP contribution in [0.1, 0.15) is 38.5 Å². The minimum atomic E-state index is -0.797. The van der Waals surface area contributed by atoms with Crippen LogP contribution >= 0.6 is 15.9 Å². The summed E-state index contributed by atoms with van der Waals surface area (Å²) in [6.07, 6.45) is 7.32. The van der Waals surface area contributed by atoms with Gasteiger partial charge in [-0.05, 0) is 34.8 Å². The Morgan fingerprint density at radius 3 is 2.62 bits per heavy atom. The van der Waals surface area contributed by atoms with Crippen LogP contribution in [0.5, 0.6) is 0 Å². The van der Waals surface area contributed by atoms with E-state index in [-0.39, 0.29) is 24.6 Å². The van der Waals surface area contributed by atoms with Crippen molar-refractivity contribution in [3.63, 3.8) is 0 Å². The number of nitrogens with one attached hydrogen (secondary N) is 1. The zero-order valence-corrected chi connectivity index (χ0v) is 13.6. The molecule has 5 nitrogen and oxygen atoms in total. The molecule has 0 spiro atoms. The topological polar surface area (TPSA) is 71.3 Å². The maximum Gasteiger partial charge on any atom is 0.251 e. The van der Waals surface area contributed by atoms with Crippen molar-refractivity contribution in [2.45, 2.75) is 50.7 Å². The van der Waals surface area contributed by atoms with Crippen LogP contribution in [0, 0.1) is 0 Å². The number of nitrogens with zero attached hydrogens (tertiary/aromatic N) is 1. The van der Waals surface area contributed by atoms with E-state index in [1.807, 2.05) is 0 Å². The number of hydrogen-bond donors (Lipinski definition) is 2. The van der Waals surface area contributed by atoms with Crippen molar-refractivity contribution in [1.82, 2.24) is 9.88 Å². The van der Waals surface area contributed by atoms with E-state index >= 15 is 0 Å². The van der Waals surface area contributed by atoms with Crippen LogP contribution in [-0.2, 0) is 11.3 Å². The highest BCUT2D eigenvalue weighted by atomic mass is 79.9. The molecule has 1 amide bonds. The Kier molecular flexibility index (Phi) is 5.58. The monoisotopic (exact) mass is 356 g/mol. The SMILES string of the molecule is O=C(Cn1cc(Br)ccc1=O)NCC1(O)CCCCCC1. The van der Waals surface area contributed by atoms with Gasteiger partial charge in [-0.2, -0.15) is 0 Å². The average molecular weight is 357 g/mol. The van der Waals surface area contributed by atoms with E-state index in [9.17, 15) is 14.7 Å². The lowest BCUT2D eigenvalue weighted by molar-refractivity contribution is -0.123. The summed E-state index contributed by atoms with van der Waals surface area (Å²) in [4.78, 5) is 23.6. The van der Waals surface area contributed by atoms with E-state index in [2.05, 4.69) is 21.2 Å². The molecule has 6 heteroatoms. The maximum absolute atomic E-state index is 11.9. The summed E-state index contributed by atoms with van der Waals surface area (Å²) in [5, 5.41) is 13.2. The van der Waals surface area contributed by atoms with Crippen LogP contribution < -0.4 is 10.9 Å². The molecule has 1 heterocycles. The summed E-state index contributed by atoms with van der Waals surface area (Å²) in [6, 6.07) is 3.06. The van der Waals surface area contributed by atoms with Crippen LogP contribution in [0.4, 0.5) is 0 Å². The van der Waals surface area contributed by atoms with Crippen molar-refractivity contribution < 1.29 is 9.90 Å². The summed E-state index contributed by atoms with van der Waals surface area (Å²) in [6.45, 7) is 0.225. The van der Waals surface area contributed by atoms with Gasteiger partial charge in [0.2, 0.25) is 5.91 Å². The summed E-state index contributed by atoms with van der Waals surface area (Å²) in [5.41, 5.74) is -1.02. The Morgan fingerprint density at radius 1 is 1.29 bits per heavy atom. The van der Waals surface area contributed by atoms with E-state index < -0.39 is 5.60 Å². The van der Waals surface area contributed by atoms with E-state index in [0.29, 0.717) is 0 Å². The van der Waals surface area contributed by atoms with Gasteiger partial charge in [-0.25, -0.2) is 0 Å². The highest BCUT2D eigenvalue weighted by molar-refractivity contribution is 9.10. The smallest absolute Gasteiger partial charge is 0.251 e. The van der Waals surface area contributed by atoms with Crippen molar-refractivity contribution in [3.05, 3.63) is 33.2 Å². The molecule has 0 aliphatic heterocycles. The largest absolute Gasteiger partial charge is 0.388 e. The molecule has 2 N–H and O–H groups in total. The first-order valence-electron chi connectivity index (χ1n) is 7.34. The van der Waals surface area contributed by atoms with Gasteiger partial charge in [0, 0.05) is 23.3 Å². The minimum Gasteiger partial charge on any atom is -0.388 e. The molecule has 0 unspecified atom stereocenters. The number of pyridine rings is 1. The normalized spacial score (nSPS) is 18.0. The molecule has 1 saturated carbocycles. The molecule has 0 saturated heterocycles. The van der Waals surface area contributed by atoms with Gasteiger partial charge in [0.1, 0.15) is 6.54 Å². The first kappa shape index (κ1) is 16.2. The highest BCUT2D eigenvalue weighted by Gasteiger charge is 2.28. The number of hydrogen-bond acceptors (Lipinski definition) is 3. The minimum absolute atomic E-state index is 0.0334. The standard InChI is InChI=1S/C15H21BrN2O3/c16-12-5-6-14(20)18(9-12)10-13(19)17-11-15(21)7-3-1-2-4-8-15/h5-6,9,21H,1-4,7-8,10-11H2,(H,17,19). The van der Waals surface area contributed by atoms with E-state index in [1.54, 1.807) is 12.3 Å². The van der Waals surface area contributed by atoms with Gasteiger partial charge < -0.3 is 15.0 Å². The number of amides is 1. The molecule has 0 atom stereocenters. The molecule has 1 aliphatic rings. The summed E-state index contributed by atoms with van der Waals surface area (Å²) in [5.74, 6) is -0.257. The molecule has 1 aromatic rings. The van der Waals surface area contributed by atoms with Crippen molar-refractivity contribution in [2.24, 2.45) is 0 Å². The van der Waals surface area contributed by atoms with Crippen LogP contribution in [-0.4, -0.2) is 27.7 Å². The third kappa shape index (κ3) is 4.97. The van der Waals surface area contributed by atoms with Gasteiger partial charge in [-0.15, -0.1) is 0 Å². The van der Waals surface area contributed by atoms with E-state index in [0.717, 1.165) is 43.0 Å². The fourth-order valence-corrected chi connectivity index (χ4v) is 3.04. The zero-order valence-electron chi connectivity index (χ0n) is 12.0. The third-order valence-corrected chi connectivity index (χ3v) is 4.38. The molecule has 116 valence electrons. The summed E-state index contributed by atoms with van der Waals surface area (Å²) in [7, 11) is 0. The quantitative estimate of drug-likeness (QED) is 0.808. The van der Waals surface area contributed by atoms with Crippen molar-refractivity contribution in [3.8, 4) is 0 Å². The maximum atomic E-state index is 11.9. The van der Waals surface area contributed by atoms with E-state index in [1.165, 1.54) is 10.6 Å². The second-order valence-corrected chi connectivity index (χ2v) is 6.64. The van der Waals surface area contributed by atoms with Crippen molar-refractivity contribution in [2.75, 3.05) is 6.54 Å². The Balaban J connectivity index is 1.89. The van der Waals surface area contributed by atoms with Gasteiger partial charge in [-0.3, -0.25) is 9.59 Å². The molecule has 1 fully saturated rings. The zero-order chi connectivity index (χ0) is 15.3. The predicted octanol–water partition coefficient (Wildman–Crippen LogP) is 1.81. The van der Waals surface area contributed by atoms with Crippen LogP contribution in [0.15, 0.2) is 27.6 Å². The fourth-order valence-electron chi connectivity index (χ4n) is 2.66. The molecule has 21 heavy (non-hydrogen) atoms. The summed E-state index contributed by atoms with van der Waals surface area (Å²) >= 11 is 3.27. The Bertz CT molecular complexity index is 548. The lowest BCUT2D eigenvalue weighted by Crippen LogP contribution is -2.44. The average Bonchev–Trinajstić information content (AvgIpc) is 2.66.